The van der Waals surface area contributed by atoms with Crippen molar-refractivity contribution in [2.75, 3.05) is 12.3 Å². The van der Waals surface area contributed by atoms with Gasteiger partial charge in [0.15, 0.2) is 0 Å². The maximum absolute atomic E-state index is 12.0. The third-order valence-corrected chi connectivity index (χ3v) is 5.08. The van der Waals surface area contributed by atoms with Crippen LogP contribution in [-0.2, 0) is 9.59 Å². The van der Waals surface area contributed by atoms with E-state index in [2.05, 4.69) is 19.2 Å². The average molecular weight is 256 g/mol. The second-order valence-electron chi connectivity index (χ2n) is 4.91. The monoisotopic (exact) mass is 256 g/mol. The van der Waals surface area contributed by atoms with E-state index >= 15 is 0 Å². The maximum Gasteiger partial charge on any atom is 0.243 e. The van der Waals surface area contributed by atoms with Gasteiger partial charge in [0, 0.05) is 18.7 Å². The van der Waals surface area contributed by atoms with Crippen LogP contribution in [0.4, 0.5) is 0 Å². The van der Waals surface area contributed by atoms with Gasteiger partial charge in [-0.1, -0.05) is 13.3 Å². The van der Waals surface area contributed by atoms with E-state index in [9.17, 15) is 9.59 Å². The Kier molecular flexibility index (Phi) is 3.66. The van der Waals surface area contributed by atoms with E-state index in [4.69, 9.17) is 0 Å². The molecule has 0 aromatic carbocycles. The van der Waals surface area contributed by atoms with E-state index in [1.165, 1.54) is 0 Å². The van der Waals surface area contributed by atoms with Crippen LogP contribution in [0.2, 0.25) is 0 Å². The lowest BCUT2D eigenvalue weighted by molar-refractivity contribution is -0.137. The van der Waals surface area contributed by atoms with E-state index in [0.717, 1.165) is 31.6 Å². The highest BCUT2D eigenvalue weighted by molar-refractivity contribution is 8.01. The number of hydrogen-bond acceptors (Lipinski definition) is 3. The van der Waals surface area contributed by atoms with Crippen LogP contribution in [0.25, 0.3) is 0 Å². The first-order chi connectivity index (χ1) is 8.08. The van der Waals surface area contributed by atoms with Crippen molar-refractivity contribution in [2.24, 2.45) is 0 Å². The number of unbranched alkanes of at least 4 members (excludes halogenated alkanes) is 1. The summed E-state index contributed by atoms with van der Waals surface area (Å²) >= 11 is 1.74. The molecule has 2 aliphatic heterocycles. The van der Waals surface area contributed by atoms with Gasteiger partial charge < -0.3 is 10.2 Å². The van der Waals surface area contributed by atoms with Crippen molar-refractivity contribution in [2.45, 2.75) is 50.4 Å². The number of rotatable bonds is 4. The standard InChI is InChI=1S/C12H20N2O2S/c1-3-4-7-13-11(16)9-8-17-12(2)6-5-10(15)14(9)12/h9H,3-8H2,1-2H3,(H,13,16)/t9-,12-/m0/s1. The van der Waals surface area contributed by atoms with Gasteiger partial charge in [0.25, 0.3) is 0 Å². The number of carbonyl (C=O) groups is 2. The number of fused-ring (bicyclic) bond motifs is 1. The maximum atomic E-state index is 12.0. The van der Waals surface area contributed by atoms with E-state index in [1.54, 1.807) is 16.7 Å². The fraction of sp³-hybridized carbons (Fsp3) is 0.833. The topological polar surface area (TPSA) is 49.4 Å². The molecule has 0 saturated carbocycles. The molecule has 2 atom stereocenters. The molecule has 2 rings (SSSR count). The second kappa shape index (κ2) is 4.88. The molecule has 2 fully saturated rings. The molecule has 2 saturated heterocycles. The Labute approximate surface area is 106 Å². The molecular formula is C12H20N2O2S. The minimum atomic E-state index is -0.253. The van der Waals surface area contributed by atoms with Crippen LogP contribution < -0.4 is 5.32 Å². The first-order valence-electron chi connectivity index (χ1n) is 6.32. The number of thioether (sulfide) groups is 1. The summed E-state index contributed by atoms with van der Waals surface area (Å²) in [6.07, 6.45) is 3.52. The van der Waals surface area contributed by atoms with Crippen molar-refractivity contribution in [3.05, 3.63) is 0 Å². The molecule has 0 unspecified atom stereocenters. The number of hydrogen-bond donors (Lipinski definition) is 1. The van der Waals surface area contributed by atoms with Crippen LogP contribution in [0.3, 0.4) is 0 Å². The van der Waals surface area contributed by atoms with Crippen molar-refractivity contribution in [1.29, 1.82) is 0 Å². The first kappa shape index (κ1) is 12.7. The fourth-order valence-corrected chi connectivity index (χ4v) is 3.95. The van der Waals surface area contributed by atoms with Gasteiger partial charge in [0.2, 0.25) is 11.8 Å². The number of nitrogens with one attached hydrogen (secondary N) is 1. The third-order valence-electron chi connectivity index (χ3n) is 3.58. The van der Waals surface area contributed by atoms with E-state index < -0.39 is 0 Å². The Balaban J connectivity index is 1.98. The minimum Gasteiger partial charge on any atom is -0.354 e. The van der Waals surface area contributed by atoms with Crippen LogP contribution in [0.1, 0.15) is 39.5 Å². The lowest BCUT2D eigenvalue weighted by Gasteiger charge is -2.29. The molecule has 0 aromatic heterocycles. The molecule has 0 bridgehead atoms. The molecule has 1 N–H and O–H groups in total. The van der Waals surface area contributed by atoms with Gasteiger partial charge in [0.05, 0.1) is 4.87 Å². The zero-order valence-corrected chi connectivity index (χ0v) is 11.3. The predicted molar refractivity (Wildman–Crippen MR) is 68.6 cm³/mol. The Hall–Kier alpha value is -0.710. The highest BCUT2D eigenvalue weighted by Crippen LogP contribution is 2.47. The summed E-state index contributed by atoms with van der Waals surface area (Å²) in [4.78, 5) is 25.5. The van der Waals surface area contributed by atoms with Crippen LogP contribution in [0, 0.1) is 0 Å². The largest absolute Gasteiger partial charge is 0.354 e. The normalized spacial score (nSPS) is 31.8. The molecule has 17 heavy (non-hydrogen) atoms. The zero-order valence-electron chi connectivity index (χ0n) is 10.5. The fourth-order valence-electron chi connectivity index (χ4n) is 2.52. The summed E-state index contributed by atoms with van der Waals surface area (Å²) in [6.45, 7) is 4.88. The highest BCUT2D eigenvalue weighted by atomic mass is 32.2. The van der Waals surface area contributed by atoms with Gasteiger partial charge in [0.1, 0.15) is 6.04 Å². The Morgan fingerprint density at radius 1 is 1.65 bits per heavy atom. The third kappa shape index (κ3) is 2.30. The van der Waals surface area contributed by atoms with Gasteiger partial charge in [-0.15, -0.1) is 11.8 Å². The summed E-state index contributed by atoms with van der Waals surface area (Å²) in [5.41, 5.74) is 0. The van der Waals surface area contributed by atoms with Crippen LogP contribution in [-0.4, -0.2) is 39.9 Å². The van der Waals surface area contributed by atoms with E-state index in [-0.39, 0.29) is 22.7 Å². The molecule has 0 spiro atoms. The average Bonchev–Trinajstić information content (AvgIpc) is 2.77. The Morgan fingerprint density at radius 2 is 2.41 bits per heavy atom. The van der Waals surface area contributed by atoms with Crippen LogP contribution in [0.15, 0.2) is 0 Å². The second-order valence-corrected chi connectivity index (χ2v) is 6.41. The van der Waals surface area contributed by atoms with Crippen molar-refractivity contribution < 1.29 is 9.59 Å². The van der Waals surface area contributed by atoms with Crippen molar-refractivity contribution in [3.63, 3.8) is 0 Å². The summed E-state index contributed by atoms with van der Waals surface area (Å²) < 4.78 is 0. The molecule has 2 aliphatic rings. The van der Waals surface area contributed by atoms with Gasteiger partial charge in [-0.2, -0.15) is 0 Å². The first-order valence-corrected chi connectivity index (χ1v) is 7.31. The van der Waals surface area contributed by atoms with Crippen molar-refractivity contribution >= 4 is 23.6 Å². The smallest absolute Gasteiger partial charge is 0.243 e. The molecule has 0 aromatic rings. The molecule has 2 heterocycles. The molecule has 0 aliphatic carbocycles. The van der Waals surface area contributed by atoms with Gasteiger partial charge in [-0.25, -0.2) is 0 Å². The molecule has 2 amide bonds. The molecule has 96 valence electrons. The van der Waals surface area contributed by atoms with Gasteiger partial charge >= 0.3 is 0 Å². The van der Waals surface area contributed by atoms with Crippen LogP contribution >= 0.6 is 11.8 Å². The van der Waals surface area contributed by atoms with Crippen molar-refractivity contribution in [3.8, 4) is 0 Å². The zero-order chi connectivity index (χ0) is 12.5. The van der Waals surface area contributed by atoms with Crippen LogP contribution in [0.5, 0.6) is 0 Å². The molecule has 4 nitrogen and oxygen atoms in total. The summed E-state index contributed by atoms with van der Waals surface area (Å²) in [7, 11) is 0. The summed E-state index contributed by atoms with van der Waals surface area (Å²) in [5.74, 6) is 0.887. The predicted octanol–water partition coefficient (Wildman–Crippen LogP) is 1.36. The molecule has 0 radical (unpaired) electrons. The number of carbonyl (C=O) groups excluding carboxylic acids is 2. The van der Waals surface area contributed by atoms with E-state index in [0.29, 0.717) is 6.42 Å². The Morgan fingerprint density at radius 3 is 3.12 bits per heavy atom. The van der Waals surface area contributed by atoms with E-state index in [1.807, 2.05) is 0 Å². The SMILES string of the molecule is CCCCNC(=O)[C@@H]1CS[C@@]2(C)CCC(=O)N12. The number of nitrogens with zero attached hydrogens (tertiary/aromatic N) is 1. The van der Waals surface area contributed by atoms with Gasteiger partial charge in [-0.3, -0.25) is 9.59 Å². The lowest BCUT2D eigenvalue weighted by Crippen LogP contribution is -2.50. The lowest BCUT2D eigenvalue weighted by atomic mass is 10.2. The molecule has 5 heteroatoms. The number of amides is 2. The quantitative estimate of drug-likeness (QED) is 0.773. The summed E-state index contributed by atoms with van der Waals surface area (Å²) in [6, 6.07) is -0.253. The van der Waals surface area contributed by atoms with Gasteiger partial charge in [-0.05, 0) is 19.8 Å². The summed E-state index contributed by atoms with van der Waals surface area (Å²) in [5, 5.41) is 2.93. The Bertz CT molecular complexity index is 334. The molecular weight excluding hydrogens is 236 g/mol. The highest BCUT2D eigenvalue weighted by Gasteiger charge is 2.52. The van der Waals surface area contributed by atoms with Crippen molar-refractivity contribution in [1.82, 2.24) is 10.2 Å². The minimum absolute atomic E-state index is 0.0184.